The molecular weight excluding hydrogens is 469 g/mol. The third-order valence-corrected chi connectivity index (χ3v) is 5.42. The zero-order valence-electron chi connectivity index (χ0n) is 17.5. The second kappa shape index (κ2) is 8.91. The molecule has 1 unspecified atom stereocenters. The first-order valence-electron chi connectivity index (χ1n) is 10.2. The van der Waals surface area contributed by atoms with Crippen LogP contribution in [0.4, 0.5) is 30.7 Å². The van der Waals surface area contributed by atoms with E-state index in [0.29, 0.717) is 25.2 Å². The second-order valence-corrected chi connectivity index (χ2v) is 7.66. The summed E-state index contributed by atoms with van der Waals surface area (Å²) in [4.78, 5) is 11.8. The number of benzene rings is 2. The maximum absolute atomic E-state index is 13.6. The third-order valence-electron chi connectivity index (χ3n) is 5.42. The molecule has 1 N–H and O–H groups in total. The van der Waals surface area contributed by atoms with Crippen molar-refractivity contribution in [2.75, 3.05) is 26.2 Å². The van der Waals surface area contributed by atoms with Crippen molar-refractivity contribution < 1.29 is 35.6 Å². The molecule has 5 nitrogen and oxygen atoms in total. The fourth-order valence-electron chi connectivity index (χ4n) is 3.86. The Morgan fingerprint density at radius 1 is 0.882 bits per heavy atom. The van der Waals surface area contributed by atoms with Crippen LogP contribution in [0, 0.1) is 5.82 Å². The lowest BCUT2D eigenvalue weighted by Crippen LogP contribution is -2.61. The van der Waals surface area contributed by atoms with Gasteiger partial charge in [-0.25, -0.2) is 9.38 Å². The number of hydroxylamine groups is 2. The number of rotatable bonds is 4. The third kappa shape index (κ3) is 4.73. The Morgan fingerprint density at radius 3 is 2.03 bits per heavy atom. The van der Waals surface area contributed by atoms with E-state index in [9.17, 15) is 30.7 Å². The second-order valence-electron chi connectivity index (χ2n) is 7.66. The molecule has 1 fully saturated rings. The highest BCUT2D eigenvalue weighted by Crippen LogP contribution is 2.43. The Bertz CT molecular complexity index is 1040. The van der Waals surface area contributed by atoms with Gasteiger partial charge in [0.25, 0.3) is 0 Å². The Kier molecular flexibility index (Phi) is 6.30. The van der Waals surface area contributed by atoms with Crippen molar-refractivity contribution in [3.05, 3.63) is 77.2 Å². The molecule has 1 saturated heterocycles. The van der Waals surface area contributed by atoms with Gasteiger partial charge in [-0.2, -0.15) is 31.4 Å². The molecule has 0 spiro atoms. The van der Waals surface area contributed by atoms with Crippen LogP contribution in [0.3, 0.4) is 0 Å². The number of aliphatic imine (C=N–C) groups is 1. The number of hydrogen-bond acceptors (Lipinski definition) is 5. The van der Waals surface area contributed by atoms with Crippen LogP contribution in [0.1, 0.15) is 16.7 Å². The van der Waals surface area contributed by atoms with Gasteiger partial charge in [-0.15, -0.1) is 0 Å². The van der Waals surface area contributed by atoms with Crippen LogP contribution in [0.2, 0.25) is 0 Å². The summed E-state index contributed by atoms with van der Waals surface area (Å²) in [7, 11) is 0. The van der Waals surface area contributed by atoms with Gasteiger partial charge in [-0.3, -0.25) is 4.90 Å². The summed E-state index contributed by atoms with van der Waals surface area (Å²) >= 11 is 0. The minimum atomic E-state index is -5.03. The van der Waals surface area contributed by atoms with Crippen molar-refractivity contribution in [3.8, 4) is 5.75 Å². The van der Waals surface area contributed by atoms with Crippen molar-refractivity contribution in [1.29, 1.82) is 0 Å². The van der Waals surface area contributed by atoms with Crippen LogP contribution in [0.25, 0.3) is 0 Å². The van der Waals surface area contributed by atoms with Crippen molar-refractivity contribution in [2.24, 2.45) is 4.99 Å². The summed E-state index contributed by atoms with van der Waals surface area (Å²) < 4.78 is 95.1. The van der Waals surface area contributed by atoms with Crippen LogP contribution in [0.15, 0.2) is 59.7 Å². The quantitative estimate of drug-likeness (QED) is 0.630. The van der Waals surface area contributed by atoms with E-state index in [-0.39, 0.29) is 30.5 Å². The normalized spacial score (nSPS) is 21.7. The molecule has 2 aromatic rings. The Labute approximate surface area is 190 Å². The van der Waals surface area contributed by atoms with Gasteiger partial charge in [-0.1, -0.05) is 0 Å². The molecule has 0 aromatic heterocycles. The molecular formula is C22H19F7N4O. The summed E-state index contributed by atoms with van der Waals surface area (Å²) in [5.74, 6) is -2.31. The fraction of sp³-hybridized carbons (Fsp3) is 0.318. The topological polar surface area (TPSA) is 40.1 Å². The summed E-state index contributed by atoms with van der Waals surface area (Å²) in [5.41, 5.74) is -3.30. The highest BCUT2D eigenvalue weighted by atomic mass is 19.4. The summed E-state index contributed by atoms with van der Waals surface area (Å²) in [6.45, 7) is 1.37. The van der Waals surface area contributed by atoms with Crippen molar-refractivity contribution >= 4 is 6.21 Å². The average molecular weight is 488 g/mol. The number of alkyl halides is 6. The molecule has 182 valence electrons. The first kappa shape index (κ1) is 24.0. The standard InChI is InChI=1S/C22H19F7N4O/c23-18-2-4-19(5-3-18)34-33-9-1-6-31-22(33,32-10-7-30-8-11-32)17-13-15(20(24,25)26)12-16(14-17)21(27,28)29/h1-6,9,12-14,30H,7-8,10-11H2. The van der Waals surface area contributed by atoms with E-state index in [1.54, 1.807) is 4.90 Å². The van der Waals surface area contributed by atoms with Crippen LogP contribution in [-0.4, -0.2) is 42.4 Å². The van der Waals surface area contributed by atoms with E-state index < -0.39 is 35.1 Å². The molecule has 2 aliphatic rings. The zero-order valence-corrected chi connectivity index (χ0v) is 17.5. The lowest BCUT2D eigenvalue weighted by atomic mass is 9.97. The van der Waals surface area contributed by atoms with Crippen molar-refractivity contribution in [3.63, 3.8) is 0 Å². The van der Waals surface area contributed by atoms with Crippen LogP contribution < -0.4 is 10.2 Å². The number of allylic oxidation sites excluding steroid dienone is 1. The minimum Gasteiger partial charge on any atom is -0.376 e. The zero-order chi connectivity index (χ0) is 24.6. The van der Waals surface area contributed by atoms with Gasteiger partial charge in [0, 0.05) is 44.2 Å². The molecule has 0 aliphatic carbocycles. The van der Waals surface area contributed by atoms with Crippen LogP contribution >= 0.6 is 0 Å². The Hall–Kier alpha value is -3.12. The molecule has 0 radical (unpaired) electrons. The minimum absolute atomic E-state index is 0.0719. The average Bonchev–Trinajstić information content (AvgIpc) is 2.80. The number of piperazine rings is 1. The first-order chi connectivity index (χ1) is 16.0. The fourth-order valence-corrected chi connectivity index (χ4v) is 3.86. The summed E-state index contributed by atoms with van der Waals surface area (Å²) in [6.07, 6.45) is -5.98. The van der Waals surface area contributed by atoms with E-state index in [1.165, 1.54) is 30.6 Å². The lowest BCUT2D eigenvalue weighted by molar-refractivity contribution is -0.182. The summed E-state index contributed by atoms with van der Waals surface area (Å²) in [6, 6.07) is 6.18. The highest BCUT2D eigenvalue weighted by molar-refractivity contribution is 5.72. The van der Waals surface area contributed by atoms with Gasteiger partial charge < -0.3 is 10.2 Å². The Morgan fingerprint density at radius 2 is 1.47 bits per heavy atom. The predicted molar refractivity (Wildman–Crippen MR) is 109 cm³/mol. The number of nitrogens with one attached hydrogen (secondary N) is 1. The van der Waals surface area contributed by atoms with Gasteiger partial charge in [0.2, 0.25) is 5.79 Å². The van der Waals surface area contributed by atoms with E-state index in [1.807, 2.05) is 0 Å². The summed E-state index contributed by atoms with van der Waals surface area (Å²) in [5, 5.41) is 4.18. The van der Waals surface area contributed by atoms with Gasteiger partial charge in [0.15, 0.2) is 5.75 Å². The maximum atomic E-state index is 13.6. The highest BCUT2D eigenvalue weighted by Gasteiger charge is 2.48. The molecule has 0 amide bonds. The molecule has 4 rings (SSSR count). The predicted octanol–water partition coefficient (Wildman–Crippen LogP) is 4.77. The number of hydrogen-bond donors (Lipinski definition) is 1. The van der Waals surface area contributed by atoms with E-state index in [4.69, 9.17) is 4.84 Å². The molecule has 1 atom stereocenters. The van der Waals surface area contributed by atoms with Crippen molar-refractivity contribution in [2.45, 2.75) is 18.1 Å². The SMILES string of the molecule is Fc1ccc(ON2C=CC=NC2(c2cc(C(F)(F)F)cc(C(F)(F)F)c2)N2CCNCC2)cc1. The smallest absolute Gasteiger partial charge is 0.376 e. The Balaban J connectivity index is 1.91. The monoisotopic (exact) mass is 488 g/mol. The maximum Gasteiger partial charge on any atom is 0.416 e. The number of nitrogens with zero attached hydrogens (tertiary/aromatic N) is 3. The first-order valence-corrected chi connectivity index (χ1v) is 10.2. The van der Waals surface area contributed by atoms with Crippen molar-refractivity contribution in [1.82, 2.24) is 15.3 Å². The van der Waals surface area contributed by atoms with Crippen LogP contribution in [0.5, 0.6) is 5.75 Å². The van der Waals surface area contributed by atoms with E-state index in [0.717, 1.165) is 17.2 Å². The molecule has 0 bridgehead atoms. The van der Waals surface area contributed by atoms with Gasteiger partial charge in [0.1, 0.15) is 5.82 Å². The van der Waals surface area contributed by atoms with Gasteiger partial charge in [0.05, 0.1) is 11.1 Å². The molecule has 34 heavy (non-hydrogen) atoms. The molecule has 0 saturated carbocycles. The molecule has 12 heteroatoms. The largest absolute Gasteiger partial charge is 0.416 e. The molecule has 2 heterocycles. The lowest BCUT2D eigenvalue weighted by Gasteiger charge is -2.49. The molecule has 2 aromatic carbocycles. The van der Waals surface area contributed by atoms with E-state index in [2.05, 4.69) is 10.3 Å². The van der Waals surface area contributed by atoms with Gasteiger partial charge in [-0.05, 0) is 48.5 Å². The number of halogens is 7. The van der Waals surface area contributed by atoms with E-state index >= 15 is 0 Å². The van der Waals surface area contributed by atoms with Crippen LogP contribution in [-0.2, 0) is 18.1 Å². The van der Waals surface area contributed by atoms with Gasteiger partial charge >= 0.3 is 12.4 Å². The molecule has 2 aliphatic heterocycles.